The summed E-state index contributed by atoms with van der Waals surface area (Å²) in [6.45, 7) is 4.49. The molecule has 23 heavy (non-hydrogen) atoms. The second-order valence-corrected chi connectivity index (χ2v) is 5.75. The van der Waals surface area contributed by atoms with Crippen LogP contribution in [0.1, 0.15) is 30.9 Å². The molecule has 1 saturated heterocycles. The van der Waals surface area contributed by atoms with Crippen molar-refractivity contribution in [2.75, 3.05) is 19.7 Å². The van der Waals surface area contributed by atoms with Gasteiger partial charge in [0.05, 0.1) is 12.5 Å². The lowest BCUT2D eigenvalue weighted by Gasteiger charge is -2.17. The molecule has 2 rings (SSSR count). The Hall–Kier alpha value is -2.08. The predicted molar refractivity (Wildman–Crippen MR) is 85.9 cm³/mol. The minimum Gasteiger partial charge on any atom is -0.481 e. The number of hydrogen-bond acceptors (Lipinski definition) is 3. The number of hydrogen-bond donors (Lipinski definition) is 2. The lowest BCUT2D eigenvalue weighted by Crippen LogP contribution is -2.38. The Balaban J connectivity index is 1.86. The lowest BCUT2D eigenvalue weighted by molar-refractivity contribution is -0.141. The highest BCUT2D eigenvalue weighted by Gasteiger charge is 2.30. The van der Waals surface area contributed by atoms with Gasteiger partial charge in [-0.15, -0.1) is 0 Å². The second kappa shape index (κ2) is 8.53. The summed E-state index contributed by atoms with van der Waals surface area (Å²) in [6.07, 6.45) is 1.49. The van der Waals surface area contributed by atoms with E-state index < -0.39 is 11.9 Å². The second-order valence-electron chi connectivity index (χ2n) is 5.75. The molecule has 0 saturated carbocycles. The van der Waals surface area contributed by atoms with Crippen LogP contribution in [0.3, 0.4) is 0 Å². The molecule has 2 N–H and O–H groups in total. The Bertz CT molecular complexity index is 547. The van der Waals surface area contributed by atoms with E-state index in [4.69, 9.17) is 9.84 Å². The molecule has 1 heterocycles. The van der Waals surface area contributed by atoms with Crippen molar-refractivity contribution < 1.29 is 19.4 Å². The molecule has 1 aromatic rings. The van der Waals surface area contributed by atoms with Crippen LogP contribution < -0.4 is 5.32 Å². The van der Waals surface area contributed by atoms with Crippen molar-refractivity contribution in [3.05, 3.63) is 35.4 Å². The van der Waals surface area contributed by atoms with Gasteiger partial charge in [-0.1, -0.05) is 31.2 Å². The van der Waals surface area contributed by atoms with Crippen molar-refractivity contribution in [1.82, 2.24) is 10.2 Å². The third kappa shape index (κ3) is 4.96. The zero-order valence-corrected chi connectivity index (χ0v) is 13.5. The number of urea groups is 1. The summed E-state index contributed by atoms with van der Waals surface area (Å²) in [4.78, 5) is 24.7. The average molecular weight is 320 g/mol. The minimum absolute atomic E-state index is 0.210. The molecule has 6 nitrogen and oxygen atoms in total. The molecule has 0 radical (unpaired) electrons. The van der Waals surface area contributed by atoms with Crippen LogP contribution in [-0.2, 0) is 22.7 Å². The largest absolute Gasteiger partial charge is 0.481 e. The first-order valence-corrected chi connectivity index (χ1v) is 8.02. The highest BCUT2D eigenvalue weighted by atomic mass is 16.5. The molecule has 0 spiro atoms. The third-order valence-corrected chi connectivity index (χ3v) is 3.98. The van der Waals surface area contributed by atoms with Crippen LogP contribution in [0.15, 0.2) is 24.3 Å². The fourth-order valence-corrected chi connectivity index (χ4v) is 2.63. The number of nitrogens with one attached hydrogen (secondary N) is 1. The molecule has 0 bridgehead atoms. The van der Waals surface area contributed by atoms with Gasteiger partial charge in [0, 0.05) is 26.2 Å². The van der Waals surface area contributed by atoms with Gasteiger partial charge < -0.3 is 20.1 Å². The fourth-order valence-electron chi connectivity index (χ4n) is 2.63. The molecule has 1 atom stereocenters. The van der Waals surface area contributed by atoms with Gasteiger partial charge in [0.15, 0.2) is 0 Å². The number of carboxylic acids is 1. The zero-order valence-electron chi connectivity index (χ0n) is 13.5. The first kappa shape index (κ1) is 17.3. The van der Waals surface area contributed by atoms with Crippen LogP contribution in [-0.4, -0.2) is 41.7 Å². The van der Waals surface area contributed by atoms with E-state index in [0.29, 0.717) is 32.7 Å². The Morgan fingerprint density at radius 3 is 2.74 bits per heavy atom. The smallest absolute Gasteiger partial charge is 0.317 e. The lowest BCUT2D eigenvalue weighted by atomic mass is 10.1. The number of carbonyl (C=O) groups is 2. The Morgan fingerprint density at radius 2 is 2.09 bits per heavy atom. The number of carbonyl (C=O) groups excluding carboxylic acids is 1. The summed E-state index contributed by atoms with van der Waals surface area (Å²) < 4.78 is 5.57. The summed E-state index contributed by atoms with van der Waals surface area (Å²) in [5, 5.41) is 11.9. The van der Waals surface area contributed by atoms with Gasteiger partial charge in [-0.25, -0.2) is 4.79 Å². The van der Waals surface area contributed by atoms with Crippen LogP contribution >= 0.6 is 0 Å². The molecule has 1 fully saturated rings. The Kier molecular flexibility index (Phi) is 6.40. The number of likely N-dealkylation sites (tertiary alicyclic amines) is 1. The normalized spacial score (nSPS) is 17.3. The number of benzene rings is 1. The molecular weight excluding hydrogens is 296 g/mol. The van der Waals surface area contributed by atoms with Gasteiger partial charge in [0.2, 0.25) is 0 Å². The molecule has 0 aromatic heterocycles. The van der Waals surface area contributed by atoms with Crippen LogP contribution in [0.4, 0.5) is 4.79 Å². The van der Waals surface area contributed by atoms with Gasteiger partial charge in [0.25, 0.3) is 0 Å². The summed E-state index contributed by atoms with van der Waals surface area (Å²) in [5.41, 5.74) is 2.08. The van der Waals surface area contributed by atoms with Crippen molar-refractivity contribution in [3.63, 3.8) is 0 Å². The minimum atomic E-state index is -0.835. The summed E-state index contributed by atoms with van der Waals surface area (Å²) in [5.74, 6) is -1.28. The van der Waals surface area contributed by atoms with Gasteiger partial charge in [-0.05, 0) is 24.0 Å². The molecule has 2 amide bonds. The summed E-state index contributed by atoms with van der Waals surface area (Å²) in [7, 11) is 0. The number of ether oxygens (including phenoxy) is 1. The Morgan fingerprint density at radius 1 is 1.35 bits per heavy atom. The van der Waals surface area contributed by atoms with Crippen molar-refractivity contribution >= 4 is 12.0 Å². The van der Waals surface area contributed by atoms with Crippen LogP contribution in [0, 0.1) is 5.92 Å². The maximum Gasteiger partial charge on any atom is 0.317 e. The topological polar surface area (TPSA) is 78.9 Å². The van der Waals surface area contributed by atoms with Gasteiger partial charge in [-0.2, -0.15) is 0 Å². The van der Waals surface area contributed by atoms with Crippen LogP contribution in [0.2, 0.25) is 0 Å². The van der Waals surface area contributed by atoms with Crippen molar-refractivity contribution in [2.45, 2.75) is 32.9 Å². The molecule has 126 valence electrons. The van der Waals surface area contributed by atoms with Crippen molar-refractivity contribution in [1.29, 1.82) is 0 Å². The van der Waals surface area contributed by atoms with Gasteiger partial charge >= 0.3 is 12.0 Å². The van der Waals surface area contributed by atoms with Crippen LogP contribution in [0.5, 0.6) is 0 Å². The number of nitrogens with zero attached hydrogens (tertiary/aromatic N) is 1. The van der Waals surface area contributed by atoms with E-state index in [0.717, 1.165) is 17.5 Å². The predicted octanol–water partition coefficient (Wildman–Crippen LogP) is 2.23. The van der Waals surface area contributed by atoms with Crippen LogP contribution in [0.25, 0.3) is 0 Å². The molecule has 1 unspecified atom stereocenters. The number of aliphatic carboxylic acids is 1. The first-order chi connectivity index (χ1) is 11.1. The fraction of sp³-hybridized carbons (Fsp3) is 0.529. The first-order valence-electron chi connectivity index (χ1n) is 8.02. The molecule has 0 aliphatic carbocycles. The Labute approximate surface area is 136 Å². The molecular formula is C17H24N2O4. The standard InChI is InChI=1S/C17H24N2O4/c1-2-9-23-12-15-6-4-3-5-13(15)10-18-17(22)19-8-7-14(11-19)16(20)21/h3-6,14H,2,7-12H2,1H3,(H,18,22)(H,20,21). The highest BCUT2D eigenvalue weighted by molar-refractivity contribution is 5.77. The monoisotopic (exact) mass is 320 g/mol. The summed E-state index contributed by atoms with van der Waals surface area (Å²) >= 11 is 0. The van der Waals surface area contributed by atoms with Crippen molar-refractivity contribution in [3.8, 4) is 0 Å². The van der Waals surface area contributed by atoms with E-state index in [-0.39, 0.29) is 12.6 Å². The van der Waals surface area contributed by atoms with E-state index >= 15 is 0 Å². The number of carboxylic acid groups (broad SMARTS) is 1. The van der Waals surface area contributed by atoms with E-state index in [2.05, 4.69) is 12.2 Å². The van der Waals surface area contributed by atoms with Crippen molar-refractivity contribution in [2.24, 2.45) is 5.92 Å². The van der Waals surface area contributed by atoms with E-state index in [1.54, 1.807) is 4.90 Å². The quantitative estimate of drug-likeness (QED) is 0.755. The number of rotatable bonds is 7. The highest BCUT2D eigenvalue weighted by Crippen LogP contribution is 2.16. The van der Waals surface area contributed by atoms with Gasteiger partial charge in [0.1, 0.15) is 0 Å². The maximum atomic E-state index is 12.1. The van der Waals surface area contributed by atoms with E-state index in [1.165, 1.54) is 0 Å². The van der Waals surface area contributed by atoms with E-state index in [1.807, 2.05) is 24.3 Å². The molecule has 1 aliphatic heterocycles. The number of amides is 2. The molecule has 1 aliphatic rings. The molecule has 1 aromatic carbocycles. The average Bonchev–Trinajstić information content (AvgIpc) is 3.04. The molecule has 6 heteroatoms. The van der Waals surface area contributed by atoms with Gasteiger partial charge in [-0.3, -0.25) is 4.79 Å². The van der Waals surface area contributed by atoms with E-state index in [9.17, 15) is 9.59 Å². The zero-order chi connectivity index (χ0) is 16.7. The third-order valence-electron chi connectivity index (χ3n) is 3.98. The summed E-state index contributed by atoms with van der Waals surface area (Å²) in [6, 6.07) is 7.63. The maximum absolute atomic E-state index is 12.1. The SMILES string of the molecule is CCCOCc1ccccc1CNC(=O)N1CCC(C(=O)O)C1.